The lowest BCUT2D eigenvalue weighted by molar-refractivity contribution is -0.120. The molecule has 1 aromatic rings. The summed E-state index contributed by atoms with van der Waals surface area (Å²) in [5.41, 5.74) is 16.4. The minimum atomic E-state index is -4.13. The smallest absolute Gasteiger partial charge is 0.246 e. The second-order valence-corrected chi connectivity index (χ2v) is 6.15. The third kappa shape index (κ3) is 3.68. The van der Waals surface area contributed by atoms with E-state index in [4.69, 9.17) is 17.2 Å². The molecule has 0 bridgehead atoms. The molecule has 1 rings (SSSR count). The van der Waals surface area contributed by atoms with Gasteiger partial charge in [-0.3, -0.25) is 9.59 Å². The summed E-state index contributed by atoms with van der Waals surface area (Å²) in [4.78, 5) is 21.7. The van der Waals surface area contributed by atoms with E-state index < -0.39 is 34.9 Å². The SMILES string of the molecule is Cc1ccc(S(=O)(=O)N(CC(N)=O)CC(N)=O)c(N)c1. The van der Waals surface area contributed by atoms with Crippen LogP contribution < -0.4 is 17.2 Å². The molecule has 1 aromatic carbocycles. The Labute approximate surface area is 116 Å². The second kappa shape index (κ2) is 5.88. The van der Waals surface area contributed by atoms with Gasteiger partial charge in [-0.25, -0.2) is 8.42 Å². The molecule has 9 heteroatoms. The monoisotopic (exact) mass is 300 g/mol. The highest BCUT2D eigenvalue weighted by molar-refractivity contribution is 7.89. The van der Waals surface area contributed by atoms with Gasteiger partial charge in [0.05, 0.1) is 18.8 Å². The van der Waals surface area contributed by atoms with E-state index in [1.54, 1.807) is 13.0 Å². The van der Waals surface area contributed by atoms with Crippen molar-refractivity contribution in [3.63, 3.8) is 0 Å². The van der Waals surface area contributed by atoms with Gasteiger partial charge < -0.3 is 17.2 Å². The molecule has 0 fully saturated rings. The Balaban J connectivity index is 3.28. The van der Waals surface area contributed by atoms with Gasteiger partial charge in [0.15, 0.2) is 0 Å². The molecule has 0 aliphatic rings. The normalized spacial score (nSPS) is 11.5. The molecule has 110 valence electrons. The van der Waals surface area contributed by atoms with Gasteiger partial charge in [-0.15, -0.1) is 0 Å². The van der Waals surface area contributed by atoms with Crippen molar-refractivity contribution in [3.05, 3.63) is 23.8 Å². The van der Waals surface area contributed by atoms with Gasteiger partial charge in [0, 0.05) is 0 Å². The molecule has 20 heavy (non-hydrogen) atoms. The Morgan fingerprint density at radius 2 is 1.65 bits per heavy atom. The van der Waals surface area contributed by atoms with Crippen molar-refractivity contribution in [2.45, 2.75) is 11.8 Å². The van der Waals surface area contributed by atoms with E-state index in [0.717, 1.165) is 5.56 Å². The highest BCUT2D eigenvalue weighted by Crippen LogP contribution is 2.23. The van der Waals surface area contributed by atoms with Gasteiger partial charge in [-0.2, -0.15) is 4.31 Å². The number of primary amides is 2. The Hall–Kier alpha value is -2.13. The first kappa shape index (κ1) is 15.9. The van der Waals surface area contributed by atoms with Crippen LogP contribution in [0.4, 0.5) is 5.69 Å². The first-order valence-electron chi connectivity index (χ1n) is 5.57. The summed E-state index contributed by atoms with van der Waals surface area (Å²) in [6.07, 6.45) is 0. The van der Waals surface area contributed by atoms with Crippen molar-refractivity contribution in [2.75, 3.05) is 18.8 Å². The van der Waals surface area contributed by atoms with Crippen molar-refractivity contribution in [3.8, 4) is 0 Å². The average molecular weight is 300 g/mol. The fourth-order valence-electron chi connectivity index (χ4n) is 1.62. The predicted molar refractivity (Wildman–Crippen MR) is 72.7 cm³/mol. The molecule has 0 saturated carbocycles. The Kier molecular flexibility index (Phi) is 4.69. The number of nitrogen functional groups attached to an aromatic ring is 1. The van der Waals surface area contributed by atoms with Crippen LogP contribution in [0.3, 0.4) is 0 Å². The molecular weight excluding hydrogens is 284 g/mol. The van der Waals surface area contributed by atoms with Crippen LogP contribution in [-0.2, 0) is 19.6 Å². The number of anilines is 1. The molecule has 8 nitrogen and oxygen atoms in total. The molecular formula is C11H16N4O4S. The Morgan fingerprint density at radius 1 is 1.15 bits per heavy atom. The summed E-state index contributed by atoms with van der Waals surface area (Å²) in [5, 5.41) is 0. The number of nitrogens with two attached hydrogens (primary N) is 3. The molecule has 0 unspecified atom stereocenters. The minimum absolute atomic E-state index is 0.0175. The van der Waals surface area contributed by atoms with Gasteiger partial charge in [-0.05, 0) is 24.6 Å². The fraction of sp³-hybridized carbons (Fsp3) is 0.273. The van der Waals surface area contributed by atoms with Gasteiger partial charge in [0.1, 0.15) is 4.90 Å². The lowest BCUT2D eigenvalue weighted by atomic mass is 10.2. The van der Waals surface area contributed by atoms with Crippen LogP contribution in [0.25, 0.3) is 0 Å². The Morgan fingerprint density at radius 3 is 2.05 bits per heavy atom. The molecule has 0 spiro atoms. The van der Waals surface area contributed by atoms with Crippen LogP contribution in [0.1, 0.15) is 5.56 Å². The average Bonchev–Trinajstić information content (AvgIpc) is 2.26. The van der Waals surface area contributed by atoms with E-state index in [0.29, 0.717) is 4.31 Å². The summed E-state index contributed by atoms with van der Waals surface area (Å²) >= 11 is 0. The highest BCUT2D eigenvalue weighted by Gasteiger charge is 2.29. The van der Waals surface area contributed by atoms with E-state index in [1.807, 2.05) is 0 Å². The quantitative estimate of drug-likeness (QED) is 0.549. The third-order valence-electron chi connectivity index (χ3n) is 2.45. The maximum Gasteiger partial charge on any atom is 0.246 e. The summed E-state index contributed by atoms with van der Waals surface area (Å²) in [6, 6.07) is 4.32. The van der Waals surface area contributed by atoms with Crippen LogP contribution in [0.5, 0.6) is 0 Å². The number of amides is 2. The van der Waals surface area contributed by atoms with E-state index in [2.05, 4.69) is 0 Å². The number of carbonyl (C=O) groups excluding carboxylic acids is 2. The molecule has 6 N–H and O–H groups in total. The number of nitrogens with zero attached hydrogens (tertiary/aromatic N) is 1. The van der Waals surface area contributed by atoms with Crippen LogP contribution >= 0.6 is 0 Å². The van der Waals surface area contributed by atoms with Crippen LogP contribution in [0.15, 0.2) is 23.1 Å². The fourth-order valence-corrected chi connectivity index (χ4v) is 3.08. The summed E-state index contributed by atoms with van der Waals surface area (Å²) in [6.45, 7) is 0.439. The summed E-state index contributed by atoms with van der Waals surface area (Å²) in [7, 11) is -4.13. The van der Waals surface area contributed by atoms with Crippen molar-refractivity contribution in [2.24, 2.45) is 11.5 Å². The minimum Gasteiger partial charge on any atom is -0.398 e. The zero-order valence-corrected chi connectivity index (χ0v) is 11.7. The summed E-state index contributed by atoms with van der Waals surface area (Å²) < 4.78 is 25.3. The van der Waals surface area contributed by atoms with Crippen molar-refractivity contribution >= 4 is 27.5 Å². The Bertz CT molecular complexity index is 626. The third-order valence-corrected chi connectivity index (χ3v) is 4.31. The van der Waals surface area contributed by atoms with Crippen LogP contribution in [-0.4, -0.2) is 37.6 Å². The summed E-state index contributed by atoms with van der Waals surface area (Å²) in [5.74, 6) is -1.80. The van der Waals surface area contributed by atoms with Gasteiger partial charge in [0.25, 0.3) is 0 Å². The molecule has 0 heterocycles. The van der Waals surface area contributed by atoms with Crippen molar-refractivity contribution in [1.82, 2.24) is 4.31 Å². The lowest BCUT2D eigenvalue weighted by Gasteiger charge is -2.20. The maximum absolute atomic E-state index is 12.4. The van der Waals surface area contributed by atoms with E-state index in [1.165, 1.54) is 12.1 Å². The largest absolute Gasteiger partial charge is 0.398 e. The molecule has 0 atom stereocenters. The molecule has 0 aliphatic carbocycles. The van der Waals surface area contributed by atoms with E-state index in [-0.39, 0.29) is 10.6 Å². The molecule has 0 radical (unpaired) electrons. The second-order valence-electron chi connectivity index (χ2n) is 4.25. The predicted octanol–water partition coefficient (Wildman–Crippen LogP) is -1.46. The number of sulfonamides is 1. The number of hydrogen-bond acceptors (Lipinski definition) is 5. The van der Waals surface area contributed by atoms with Crippen molar-refractivity contribution in [1.29, 1.82) is 0 Å². The van der Waals surface area contributed by atoms with Crippen LogP contribution in [0, 0.1) is 6.92 Å². The van der Waals surface area contributed by atoms with E-state index >= 15 is 0 Å². The zero-order valence-electron chi connectivity index (χ0n) is 10.9. The standard InChI is InChI=1S/C11H16N4O4S/c1-7-2-3-9(8(12)4-7)20(18,19)15(5-10(13)16)6-11(14)17/h2-4H,5-6,12H2,1H3,(H2,13,16)(H2,14,17). The van der Waals surface area contributed by atoms with Crippen LogP contribution in [0.2, 0.25) is 0 Å². The molecule has 0 aromatic heterocycles. The first-order chi connectivity index (χ1) is 9.14. The lowest BCUT2D eigenvalue weighted by Crippen LogP contribution is -2.43. The van der Waals surface area contributed by atoms with Crippen molar-refractivity contribution < 1.29 is 18.0 Å². The zero-order chi connectivity index (χ0) is 15.5. The molecule has 0 aliphatic heterocycles. The first-order valence-corrected chi connectivity index (χ1v) is 7.01. The number of hydrogen-bond donors (Lipinski definition) is 3. The molecule has 2 amide bonds. The number of aryl methyl sites for hydroxylation is 1. The van der Waals surface area contributed by atoms with E-state index in [9.17, 15) is 18.0 Å². The number of carbonyl (C=O) groups is 2. The highest BCUT2D eigenvalue weighted by atomic mass is 32.2. The van der Waals surface area contributed by atoms with Gasteiger partial charge in [0.2, 0.25) is 21.8 Å². The maximum atomic E-state index is 12.4. The number of benzene rings is 1. The number of rotatable bonds is 6. The van der Waals surface area contributed by atoms with Gasteiger partial charge >= 0.3 is 0 Å². The topological polar surface area (TPSA) is 150 Å². The van der Waals surface area contributed by atoms with Gasteiger partial charge in [-0.1, -0.05) is 6.07 Å². The molecule has 0 saturated heterocycles.